The Kier molecular flexibility index (Phi) is 1.58. The van der Waals surface area contributed by atoms with Crippen molar-refractivity contribution in [2.75, 3.05) is 5.73 Å². The number of hydrogen-bond donors (Lipinski definition) is 1. The Labute approximate surface area is 104 Å². The van der Waals surface area contributed by atoms with Crippen LogP contribution in [0, 0.1) is 0 Å². The number of aromatic nitrogens is 4. The smallest absolute Gasteiger partial charge is 0.184 e. The van der Waals surface area contributed by atoms with E-state index in [0.29, 0.717) is 11.7 Å². The van der Waals surface area contributed by atoms with E-state index < -0.39 is 0 Å². The third-order valence-electron chi connectivity index (χ3n) is 3.40. The second-order valence-electron chi connectivity index (χ2n) is 5.00. The molecule has 2 aliphatic rings. The molecule has 0 saturated heterocycles. The molecule has 2 N–H and O–H groups in total. The van der Waals surface area contributed by atoms with Crippen molar-refractivity contribution < 1.29 is 0 Å². The molecule has 0 aliphatic carbocycles. The fourth-order valence-corrected chi connectivity index (χ4v) is 2.28. The van der Waals surface area contributed by atoms with Gasteiger partial charge in [0.1, 0.15) is 5.82 Å². The van der Waals surface area contributed by atoms with Crippen molar-refractivity contribution in [3.05, 3.63) is 30.0 Å². The molecule has 0 bridgehead atoms. The summed E-state index contributed by atoms with van der Waals surface area (Å²) >= 11 is 0. The minimum Gasteiger partial charge on any atom is -0.384 e. The molecule has 90 valence electrons. The maximum atomic E-state index is 6.02. The van der Waals surface area contributed by atoms with Crippen molar-refractivity contribution >= 4 is 16.7 Å². The summed E-state index contributed by atoms with van der Waals surface area (Å²) in [5.41, 5.74) is 9.20. The third-order valence-corrected chi connectivity index (χ3v) is 3.40. The van der Waals surface area contributed by atoms with E-state index >= 15 is 0 Å². The van der Waals surface area contributed by atoms with Crippen LogP contribution in [0.3, 0.4) is 0 Å². The Morgan fingerprint density at radius 3 is 2.67 bits per heavy atom. The summed E-state index contributed by atoms with van der Waals surface area (Å²) in [6, 6.07) is 8.11. The quantitative estimate of drug-likeness (QED) is 0.583. The van der Waals surface area contributed by atoms with Gasteiger partial charge in [0.15, 0.2) is 5.82 Å². The van der Waals surface area contributed by atoms with Gasteiger partial charge in [-0.2, -0.15) is 5.10 Å². The van der Waals surface area contributed by atoms with Crippen LogP contribution < -0.4 is 5.73 Å². The number of rotatable bonds is 2. The van der Waals surface area contributed by atoms with Crippen molar-refractivity contribution in [3.63, 3.8) is 0 Å². The van der Waals surface area contributed by atoms with Crippen LogP contribution in [0.25, 0.3) is 22.4 Å². The molecule has 3 heterocycles. The van der Waals surface area contributed by atoms with E-state index in [0.717, 1.165) is 17.2 Å². The summed E-state index contributed by atoms with van der Waals surface area (Å²) in [4.78, 5) is 0. The maximum absolute atomic E-state index is 6.02. The van der Waals surface area contributed by atoms with Gasteiger partial charge >= 0.3 is 0 Å². The van der Waals surface area contributed by atoms with Crippen molar-refractivity contribution in [1.29, 1.82) is 0 Å². The van der Waals surface area contributed by atoms with E-state index in [1.807, 2.05) is 16.8 Å². The largest absolute Gasteiger partial charge is 0.384 e. The molecule has 0 unspecified atom stereocenters. The fourth-order valence-electron chi connectivity index (χ4n) is 2.28. The summed E-state index contributed by atoms with van der Waals surface area (Å²) in [6.45, 7) is 4.22. The third kappa shape index (κ3) is 1.11. The highest BCUT2D eigenvalue weighted by Crippen LogP contribution is 2.36. The van der Waals surface area contributed by atoms with Crippen molar-refractivity contribution in [3.8, 4) is 11.5 Å². The van der Waals surface area contributed by atoms with E-state index in [1.165, 1.54) is 10.9 Å². The number of fused-ring (bicyclic) bond motifs is 4. The lowest BCUT2D eigenvalue weighted by molar-refractivity contribution is 0.771. The molecule has 5 heteroatoms. The molecule has 5 nitrogen and oxygen atoms in total. The SMILES string of the molecule is CC(C)c1cc(N)n(-c2ccc3c(c2)c2nn3-2)n1. The second kappa shape index (κ2) is 2.93. The normalized spacial score (nSPS) is 12.6. The molecule has 0 atom stereocenters. The van der Waals surface area contributed by atoms with Gasteiger partial charge in [-0.15, -0.1) is 5.10 Å². The first-order chi connectivity index (χ1) is 8.65. The van der Waals surface area contributed by atoms with Crippen molar-refractivity contribution in [2.45, 2.75) is 19.8 Å². The van der Waals surface area contributed by atoms with E-state index in [-0.39, 0.29) is 0 Å². The second-order valence-corrected chi connectivity index (χ2v) is 5.00. The van der Waals surface area contributed by atoms with Crippen LogP contribution in [0.5, 0.6) is 0 Å². The molecular formula is C13H13N5. The van der Waals surface area contributed by atoms with Crippen LogP contribution in [0.15, 0.2) is 24.3 Å². The Hall–Kier alpha value is -2.30. The van der Waals surface area contributed by atoms with Gasteiger partial charge in [0.25, 0.3) is 0 Å². The zero-order valence-electron chi connectivity index (χ0n) is 10.3. The monoisotopic (exact) mass is 239 g/mol. The Morgan fingerprint density at radius 2 is 1.94 bits per heavy atom. The van der Waals surface area contributed by atoms with Gasteiger partial charge in [-0.1, -0.05) is 13.8 Å². The summed E-state index contributed by atoms with van der Waals surface area (Å²) in [5.74, 6) is 2.12. The maximum Gasteiger partial charge on any atom is 0.184 e. The van der Waals surface area contributed by atoms with Gasteiger partial charge in [0.2, 0.25) is 0 Å². The van der Waals surface area contributed by atoms with E-state index in [9.17, 15) is 0 Å². The summed E-state index contributed by atoms with van der Waals surface area (Å²) in [5, 5.41) is 9.95. The van der Waals surface area contributed by atoms with Crippen molar-refractivity contribution in [1.82, 2.24) is 19.6 Å². The molecule has 2 aromatic rings. The lowest BCUT2D eigenvalue weighted by atomic mass is 10.1. The number of nitrogens with zero attached hydrogens (tertiary/aromatic N) is 4. The van der Waals surface area contributed by atoms with Crippen molar-refractivity contribution in [2.24, 2.45) is 0 Å². The number of benzene rings is 1. The Bertz CT molecular complexity index is 778. The molecule has 2 aliphatic heterocycles. The highest BCUT2D eigenvalue weighted by molar-refractivity contribution is 5.97. The highest BCUT2D eigenvalue weighted by Gasteiger charge is 2.26. The number of nitrogens with two attached hydrogens (primary N) is 1. The molecule has 0 saturated carbocycles. The van der Waals surface area contributed by atoms with Crippen LogP contribution in [0.1, 0.15) is 25.5 Å². The van der Waals surface area contributed by atoms with Gasteiger partial charge in [-0.3, -0.25) is 0 Å². The van der Waals surface area contributed by atoms with Crippen LogP contribution in [-0.4, -0.2) is 19.6 Å². The fraction of sp³-hybridized carbons (Fsp3) is 0.231. The van der Waals surface area contributed by atoms with Gasteiger partial charge < -0.3 is 5.73 Å². The first-order valence-electron chi connectivity index (χ1n) is 6.04. The van der Waals surface area contributed by atoms with Gasteiger partial charge in [-0.25, -0.2) is 9.36 Å². The summed E-state index contributed by atoms with van der Waals surface area (Å²) < 4.78 is 3.73. The Balaban J connectivity index is 1.86. The minimum atomic E-state index is 0.378. The average molecular weight is 239 g/mol. The van der Waals surface area contributed by atoms with E-state index in [2.05, 4.69) is 36.2 Å². The molecule has 18 heavy (non-hydrogen) atoms. The number of nitrogen functional groups attached to an aromatic ring is 1. The van der Waals surface area contributed by atoms with Gasteiger partial charge in [0.05, 0.1) is 16.9 Å². The minimum absolute atomic E-state index is 0.378. The number of anilines is 1. The lowest BCUT2D eigenvalue weighted by Crippen LogP contribution is -2.03. The lowest BCUT2D eigenvalue weighted by Gasteiger charge is -2.07. The van der Waals surface area contributed by atoms with Crippen LogP contribution in [-0.2, 0) is 0 Å². The predicted octanol–water partition coefficient (Wildman–Crippen LogP) is 2.23. The van der Waals surface area contributed by atoms with Crippen LogP contribution >= 0.6 is 0 Å². The topological polar surface area (TPSA) is 61.7 Å². The molecule has 4 rings (SSSR count). The van der Waals surface area contributed by atoms with Gasteiger partial charge in [0, 0.05) is 11.5 Å². The van der Waals surface area contributed by atoms with Crippen LogP contribution in [0.2, 0.25) is 0 Å². The molecule has 0 radical (unpaired) electrons. The first kappa shape index (κ1) is 9.70. The molecule has 0 amide bonds. The zero-order valence-corrected chi connectivity index (χ0v) is 10.3. The Morgan fingerprint density at radius 1 is 1.11 bits per heavy atom. The molecule has 1 aromatic heterocycles. The first-order valence-corrected chi connectivity index (χ1v) is 6.04. The summed E-state index contributed by atoms with van der Waals surface area (Å²) in [6.07, 6.45) is 0. The summed E-state index contributed by atoms with van der Waals surface area (Å²) in [7, 11) is 0. The molecule has 0 spiro atoms. The van der Waals surface area contributed by atoms with E-state index in [4.69, 9.17) is 5.73 Å². The highest BCUT2D eigenvalue weighted by atomic mass is 15.5. The van der Waals surface area contributed by atoms with Gasteiger partial charge in [-0.05, 0) is 24.1 Å². The molecule has 0 fully saturated rings. The standard InChI is InChI=1S/C13H13N5/c1-7(2)10-6-12(14)17(15-10)8-3-4-11-9(5-8)13-16-18(11)13/h3-7H,14H2,1-2H3. The average Bonchev–Trinajstić information content (AvgIpc) is 2.92. The van der Waals surface area contributed by atoms with E-state index in [1.54, 1.807) is 4.68 Å². The zero-order chi connectivity index (χ0) is 12.4. The molecular weight excluding hydrogens is 226 g/mol. The predicted molar refractivity (Wildman–Crippen MR) is 70.3 cm³/mol. The molecule has 1 aromatic carbocycles. The van der Waals surface area contributed by atoms with Crippen LogP contribution in [0.4, 0.5) is 5.82 Å². The number of hydrogen-bond acceptors (Lipinski definition) is 3.